The Bertz CT molecular complexity index is 836. The van der Waals surface area contributed by atoms with Crippen molar-refractivity contribution in [3.05, 3.63) is 80.8 Å². The standard InChI is InChI=1S/C18H15ClN2OS/c1-13-15(9-10-16(22)17-8-5-11-23-17)18(19)21(20-13)12-14-6-3-2-4-7-14/h2-11H,12H2,1H3/b10-9+. The van der Waals surface area contributed by atoms with Crippen LogP contribution in [0.15, 0.2) is 53.9 Å². The second kappa shape index (κ2) is 6.94. The van der Waals surface area contributed by atoms with Crippen LogP contribution >= 0.6 is 22.9 Å². The lowest BCUT2D eigenvalue weighted by Crippen LogP contribution is -2.01. The minimum atomic E-state index is -0.0220. The summed E-state index contributed by atoms with van der Waals surface area (Å²) in [6.45, 7) is 2.50. The van der Waals surface area contributed by atoms with Crippen molar-refractivity contribution in [3.63, 3.8) is 0 Å². The highest BCUT2D eigenvalue weighted by molar-refractivity contribution is 7.12. The van der Waals surface area contributed by atoms with Crippen molar-refractivity contribution < 1.29 is 4.79 Å². The summed E-state index contributed by atoms with van der Waals surface area (Å²) in [5, 5.41) is 6.90. The Kier molecular flexibility index (Phi) is 4.74. The van der Waals surface area contributed by atoms with Gasteiger partial charge in [0.15, 0.2) is 5.78 Å². The molecule has 0 fully saturated rings. The Morgan fingerprint density at radius 1 is 1.26 bits per heavy atom. The van der Waals surface area contributed by atoms with E-state index in [1.807, 2.05) is 54.8 Å². The van der Waals surface area contributed by atoms with Gasteiger partial charge < -0.3 is 0 Å². The van der Waals surface area contributed by atoms with Crippen LogP contribution in [0.3, 0.4) is 0 Å². The smallest absolute Gasteiger partial charge is 0.195 e. The fourth-order valence-corrected chi connectivity index (χ4v) is 3.22. The van der Waals surface area contributed by atoms with E-state index in [9.17, 15) is 4.79 Å². The summed E-state index contributed by atoms with van der Waals surface area (Å²) in [5.74, 6) is -0.0220. The highest BCUT2D eigenvalue weighted by Gasteiger charge is 2.12. The molecular weight excluding hydrogens is 328 g/mol. The monoisotopic (exact) mass is 342 g/mol. The van der Waals surface area contributed by atoms with Crippen molar-refractivity contribution in [2.24, 2.45) is 0 Å². The van der Waals surface area contributed by atoms with Crippen LogP contribution in [0, 0.1) is 6.92 Å². The Hall–Kier alpha value is -2.17. The normalized spacial score (nSPS) is 11.2. The maximum absolute atomic E-state index is 12.1. The molecule has 5 heteroatoms. The summed E-state index contributed by atoms with van der Waals surface area (Å²) >= 11 is 7.86. The first-order valence-electron chi connectivity index (χ1n) is 7.18. The lowest BCUT2D eigenvalue weighted by molar-refractivity contribution is 0.105. The Labute approximate surface area is 143 Å². The summed E-state index contributed by atoms with van der Waals surface area (Å²) < 4.78 is 1.75. The first-order valence-corrected chi connectivity index (χ1v) is 8.43. The molecule has 0 saturated heterocycles. The molecule has 0 atom stereocenters. The number of benzene rings is 1. The van der Waals surface area contributed by atoms with Crippen LogP contribution in [-0.2, 0) is 6.54 Å². The largest absolute Gasteiger partial charge is 0.288 e. The van der Waals surface area contributed by atoms with Gasteiger partial charge in [0.2, 0.25) is 0 Å². The lowest BCUT2D eigenvalue weighted by atomic mass is 10.2. The maximum Gasteiger partial charge on any atom is 0.195 e. The number of nitrogens with zero attached hydrogens (tertiary/aromatic N) is 2. The Morgan fingerprint density at radius 3 is 2.74 bits per heavy atom. The molecule has 0 aliphatic heterocycles. The fourth-order valence-electron chi connectivity index (χ4n) is 2.28. The zero-order chi connectivity index (χ0) is 16.2. The molecule has 0 amide bonds. The van der Waals surface area contributed by atoms with Crippen molar-refractivity contribution in [1.29, 1.82) is 0 Å². The van der Waals surface area contributed by atoms with E-state index in [1.165, 1.54) is 11.3 Å². The van der Waals surface area contributed by atoms with Gasteiger partial charge in [0.25, 0.3) is 0 Å². The van der Waals surface area contributed by atoms with Gasteiger partial charge in [-0.1, -0.05) is 48.0 Å². The summed E-state index contributed by atoms with van der Waals surface area (Å²) in [5.41, 5.74) is 2.72. The third-order valence-electron chi connectivity index (χ3n) is 3.45. The molecule has 23 heavy (non-hydrogen) atoms. The number of aromatic nitrogens is 2. The summed E-state index contributed by atoms with van der Waals surface area (Å²) in [4.78, 5) is 12.8. The number of hydrogen-bond acceptors (Lipinski definition) is 3. The van der Waals surface area contributed by atoms with Gasteiger partial charge in [-0.2, -0.15) is 5.10 Å². The molecular formula is C18H15ClN2OS. The topological polar surface area (TPSA) is 34.9 Å². The zero-order valence-corrected chi connectivity index (χ0v) is 14.1. The van der Waals surface area contributed by atoms with E-state index in [-0.39, 0.29) is 5.78 Å². The van der Waals surface area contributed by atoms with E-state index in [4.69, 9.17) is 11.6 Å². The molecule has 2 heterocycles. The number of carbonyl (C=O) groups excluding carboxylic acids is 1. The predicted molar refractivity (Wildman–Crippen MR) is 95.2 cm³/mol. The number of hydrogen-bond donors (Lipinski definition) is 0. The lowest BCUT2D eigenvalue weighted by Gasteiger charge is -2.03. The molecule has 2 aromatic heterocycles. The molecule has 1 aromatic carbocycles. The number of halogens is 1. The van der Waals surface area contributed by atoms with Gasteiger partial charge >= 0.3 is 0 Å². The average Bonchev–Trinajstić information content (AvgIpc) is 3.17. The van der Waals surface area contributed by atoms with Crippen LogP contribution in [0.5, 0.6) is 0 Å². The minimum absolute atomic E-state index is 0.0220. The van der Waals surface area contributed by atoms with E-state index in [2.05, 4.69) is 5.10 Å². The molecule has 0 saturated carbocycles. The molecule has 0 spiro atoms. The molecule has 116 valence electrons. The number of ketones is 1. The summed E-state index contributed by atoms with van der Waals surface area (Å²) in [7, 11) is 0. The van der Waals surface area contributed by atoms with Crippen LogP contribution in [0.25, 0.3) is 6.08 Å². The highest BCUT2D eigenvalue weighted by atomic mass is 35.5. The van der Waals surface area contributed by atoms with Gasteiger partial charge in [-0.3, -0.25) is 4.79 Å². The molecule has 0 aliphatic carbocycles. The van der Waals surface area contributed by atoms with Crippen molar-refractivity contribution in [2.45, 2.75) is 13.5 Å². The molecule has 0 radical (unpaired) electrons. The van der Waals surface area contributed by atoms with Crippen LogP contribution in [0.4, 0.5) is 0 Å². The number of carbonyl (C=O) groups is 1. The predicted octanol–water partition coefficient (Wildman–Crippen LogP) is 4.85. The van der Waals surface area contributed by atoms with Gasteiger partial charge in [0.05, 0.1) is 17.1 Å². The third-order valence-corrected chi connectivity index (χ3v) is 4.73. The van der Waals surface area contributed by atoms with Crippen LogP contribution < -0.4 is 0 Å². The van der Waals surface area contributed by atoms with Crippen molar-refractivity contribution in [2.75, 3.05) is 0 Å². The van der Waals surface area contributed by atoms with E-state index in [0.29, 0.717) is 16.6 Å². The van der Waals surface area contributed by atoms with Gasteiger partial charge in [0, 0.05) is 5.56 Å². The van der Waals surface area contributed by atoms with Gasteiger partial charge in [-0.25, -0.2) is 4.68 Å². The zero-order valence-electron chi connectivity index (χ0n) is 12.6. The quantitative estimate of drug-likeness (QED) is 0.490. The second-order valence-electron chi connectivity index (χ2n) is 5.11. The van der Waals surface area contributed by atoms with Gasteiger partial charge in [-0.15, -0.1) is 11.3 Å². The fraction of sp³-hybridized carbons (Fsp3) is 0.111. The van der Waals surface area contributed by atoms with Crippen LogP contribution in [0.1, 0.15) is 26.5 Å². The van der Waals surface area contributed by atoms with E-state index in [0.717, 1.165) is 16.8 Å². The molecule has 0 unspecified atom stereocenters. The molecule has 3 aromatic rings. The van der Waals surface area contributed by atoms with Crippen molar-refractivity contribution in [1.82, 2.24) is 9.78 Å². The molecule has 0 aliphatic rings. The second-order valence-corrected chi connectivity index (χ2v) is 6.41. The van der Waals surface area contributed by atoms with Gasteiger partial charge in [-0.05, 0) is 36.1 Å². The first-order chi connectivity index (χ1) is 11.1. The summed E-state index contributed by atoms with van der Waals surface area (Å²) in [6, 6.07) is 13.7. The van der Waals surface area contributed by atoms with Crippen molar-refractivity contribution >= 4 is 34.8 Å². The highest BCUT2D eigenvalue weighted by Crippen LogP contribution is 2.23. The number of aryl methyl sites for hydroxylation is 1. The van der Waals surface area contributed by atoms with E-state index >= 15 is 0 Å². The summed E-state index contributed by atoms with van der Waals surface area (Å²) in [6.07, 6.45) is 3.29. The minimum Gasteiger partial charge on any atom is -0.288 e. The van der Waals surface area contributed by atoms with Gasteiger partial charge in [0.1, 0.15) is 5.15 Å². The number of allylic oxidation sites excluding steroid dienone is 1. The Balaban J connectivity index is 1.82. The molecule has 0 bridgehead atoms. The maximum atomic E-state index is 12.1. The molecule has 3 nitrogen and oxygen atoms in total. The van der Waals surface area contributed by atoms with Crippen molar-refractivity contribution in [3.8, 4) is 0 Å². The number of rotatable bonds is 5. The molecule has 0 N–H and O–H groups in total. The third kappa shape index (κ3) is 3.60. The SMILES string of the molecule is Cc1nn(Cc2ccccc2)c(Cl)c1/C=C/C(=O)c1cccs1. The van der Waals surface area contributed by atoms with E-state index in [1.54, 1.807) is 16.8 Å². The molecule has 3 rings (SSSR count). The van der Waals surface area contributed by atoms with Crippen LogP contribution in [-0.4, -0.2) is 15.6 Å². The van der Waals surface area contributed by atoms with Crippen LogP contribution in [0.2, 0.25) is 5.15 Å². The first kappa shape index (κ1) is 15.7. The average molecular weight is 343 g/mol. The number of thiophene rings is 1. The Morgan fingerprint density at radius 2 is 2.04 bits per heavy atom. The van der Waals surface area contributed by atoms with E-state index < -0.39 is 0 Å².